The Kier molecular flexibility index (Phi) is 8.69. The predicted molar refractivity (Wildman–Crippen MR) is 75.3 cm³/mol. The van der Waals surface area contributed by atoms with Gasteiger partial charge >= 0.3 is 0 Å². The van der Waals surface area contributed by atoms with Crippen molar-refractivity contribution >= 4 is 37.5 Å². The second-order valence-corrected chi connectivity index (χ2v) is 4.55. The third-order valence-corrected chi connectivity index (χ3v) is 2.46. The first kappa shape index (κ1) is 17.1. The third-order valence-electron chi connectivity index (χ3n) is 1.81. The fourth-order valence-corrected chi connectivity index (χ4v) is 1.46. The highest BCUT2D eigenvalue weighted by atomic mass is 79.9. The molecule has 1 aromatic rings. The van der Waals surface area contributed by atoms with Gasteiger partial charge in [0.05, 0.1) is 24.2 Å². The van der Waals surface area contributed by atoms with Gasteiger partial charge in [-0.1, -0.05) is 31.9 Å². The Morgan fingerprint density at radius 2 is 1.67 bits per heavy atom. The monoisotopic (exact) mass is 385 g/mol. The minimum absolute atomic E-state index is 0. The van der Waals surface area contributed by atoms with Gasteiger partial charge in [0.2, 0.25) is 0 Å². The van der Waals surface area contributed by atoms with E-state index in [4.69, 9.17) is 9.47 Å². The molecular formula is C10H13Br2NO5. The van der Waals surface area contributed by atoms with Gasteiger partial charge in [-0.25, -0.2) is 0 Å². The number of nitro groups is 1. The molecule has 0 aliphatic rings. The van der Waals surface area contributed by atoms with Crippen LogP contribution in [0.4, 0.5) is 5.69 Å². The first-order valence-corrected chi connectivity index (χ1v) is 7.09. The Morgan fingerprint density at radius 3 is 2.17 bits per heavy atom. The van der Waals surface area contributed by atoms with Crippen molar-refractivity contribution in [2.24, 2.45) is 0 Å². The molecule has 0 spiro atoms. The van der Waals surface area contributed by atoms with Gasteiger partial charge in [-0.3, -0.25) is 10.1 Å². The molecule has 18 heavy (non-hydrogen) atoms. The Labute approximate surface area is 121 Å². The van der Waals surface area contributed by atoms with E-state index >= 15 is 0 Å². The molecule has 1 rings (SSSR count). The summed E-state index contributed by atoms with van der Waals surface area (Å²) in [4.78, 5) is 10.2. The Bertz CT molecular complexity index is 389. The molecule has 0 fully saturated rings. The fourth-order valence-electron chi connectivity index (χ4n) is 1.14. The van der Waals surface area contributed by atoms with E-state index in [9.17, 15) is 10.1 Å². The van der Waals surface area contributed by atoms with Crippen molar-refractivity contribution in [1.82, 2.24) is 0 Å². The quantitative estimate of drug-likeness (QED) is 0.408. The van der Waals surface area contributed by atoms with Crippen molar-refractivity contribution in [3.63, 3.8) is 0 Å². The van der Waals surface area contributed by atoms with E-state index in [0.717, 1.165) is 0 Å². The van der Waals surface area contributed by atoms with Crippen molar-refractivity contribution in [1.29, 1.82) is 0 Å². The maximum absolute atomic E-state index is 10.6. The molecule has 0 amide bonds. The van der Waals surface area contributed by atoms with E-state index in [1.54, 1.807) is 6.07 Å². The number of halogens is 2. The lowest BCUT2D eigenvalue weighted by molar-refractivity contribution is -0.385. The van der Waals surface area contributed by atoms with Crippen LogP contribution in [-0.4, -0.2) is 34.3 Å². The smallest absolute Gasteiger partial charge is 0.273 e. The van der Waals surface area contributed by atoms with Crippen molar-refractivity contribution in [3.05, 3.63) is 28.3 Å². The van der Waals surface area contributed by atoms with Gasteiger partial charge in [0.15, 0.2) is 11.5 Å². The van der Waals surface area contributed by atoms with Gasteiger partial charge < -0.3 is 14.9 Å². The van der Waals surface area contributed by atoms with E-state index in [-0.39, 0.29) is 11.2 Å². The SMILES string of the molecule is O.O=[N+]([O-])c1ccc(OCCBr)c(OCCBr)c1. The number of hydrogen-bond donors (Lipinski definition) is 0. The number of alkyl halides is 2. The summed E-state index contributed by atoms with van der Waals surface area (Å²) in [5.41, 5.74) is -0.0132. The Balaban J connectivity index is 0.00000289. The number of benzene rings is 1. The average Bonchev–Trinajstić information content (AvgIpc) is 2.34. The molecule has 0 radical (unpaired) electrons. The van der Waals surface area contributed by atoms with Crippen LogP contribution in [0.15, 0.2) is 18.2 Å². The van der Waals surface area contributed by atoms with Crippen molar-refractivity contribution in [2.45, 2.75) is 0 Å². The van der Waals surface area contributed by atoms with Crippen LogP contribution < -0.4 is 9.47 Å². The van der Waals surface area contributed by atoms with Crippen LogP contribution in [0.1, 0.15) is 0 Å². The van der Waals surface area contributed by atoms with Crippen LogP contribution in [0.3, 0.4) is 0 Å². The first-order chi connectivity index (χ1) is 8.19. The summed E-state index contributed by atoms with van der Waals surface area (Å²) < 4.78 is 10.8. The summed E-state index contributed by atoms with van der Waals surface area (Å²) in [5, 5.41) is 12.0. The van der Waals surface area contributed by atoms with Gasteiger partial charge in [0.25, 0.3) is 5.69 Å². The normalized spacial score (nSPS) is 9.44. The Hall–Kier alpha value is -0.860. The maximum Gasteiger partial charge on any atom is 0.273 e. The summed E-state index contributed by atoms with van der Waals surface area (Å²) in [6.45, 7) is 0.897. The van der Waals surface area contributed by atoms with Crippen LogP contribution in [0, 0.1) is 10.1 Å². The second-order valence-electron chi connectivity index (χ2n) is 2.96. The van der Waals surface area contributed by atoms with E-state index in [0.29, 0.717) is 35.4 Å². The molecule has 0 bridgehead atoms. The van der Waals surface area contributed by atoms with Crippen LogP contribution >= 0.6 is 31.9 Å². The topological polar surface area (TPSA) is 93.1 Å². The molecule has 0 aromatic heterocycles. The molecule has 0 aliphatic carbocycles. The van der Waals surface area contributed by atoms with E-state index in [1.807, 2.05) is 0 Å². The highest BCUT2D eigenvalue weighted by Crippen LogP contribution is 2.31. The molecule has 8 heteroatoms. The summed E-state index contributed by atoms with van der Waals surface area (Å²) in [6.07, 6.45) is 0. The number of non-ortho nitro benzene ring substituents is 1. The lowest BCUT2D eigenvalue weighted by Gasteiger charge is -2.11. The van der Waals surface area contributed by atoms with Crippen LogP contribution in [0.5, 0.6) is 11.5 Å². The van der Waals surface area contributed by atoms with Crippen molar-refractivity contribution in [2.75, 3.05) is 23.9 Å². The minimum Gasteiger partial charge on any atom is -0.489 e. The summed E-state index contributed by atoms with van der Waals surface area (Å²) in [7, 11) is 0. The number of nitrogens with zero attached hydrogens (tertiary/aromatic N) is 1. The second kappa shape index (κ2) is 9.12. The van der Waals surface area contributed by atoms with Crippen LogP contribution in [0.2, 0.25) is 0 Å². The fraction of sp³-hybridized carbons (Fsp3) is 0.400. The lowest BCUT2D eigenvalue weighted by Crippen LogP contribution is -2.04. The molecule has 0 saturated heterocycles. The van der Waals surface area contributed by atoms with Gasteiger partial charge in [-0.2, -0.15) is 0 Å². The maximum atomic E-state index is 10.6. The molecule has 0 unspecified atom stereocenters. The summed E-state index contributed by atoms with van der Waals surface area (Å²) >= 11 is 6.46. The zero-order valence-corrected chi connectivity index (χ0v) is 12.6. The highest BCUT2D eigenvalue weighted by molar-refractivity contribution is 9.09. The largest absolute Gasteiger partial charge is 0.489 e. The van der Waals surface area contributed by atoms with Gasteiger partial charge in [0, 0.05) is 16.7 Å². The first-order valence-electron chi connectivity index (χ1n) is 4.85. The van der Waals surface area contributed by atoms with Crippen molar-refractivity contribution < 1.29 is 19.9 Å². The molecule has 0 heterocycles. The van der Waals surface area contributed by atoms with Gasteiger partial charge in [0.1, 0.15) is 0 Å². The molecular weight excluding hydrogens is 374 g/mol. The molecule has 0 atom stereocenters. The van der Waals surface area contributed by atoms with E-state index < -0.39 is 4.92 Å². The van der Waals surface area contributed by atoms with E-state index in [2.05, 4.69) is 31.9 Å². The van der Waals surface area contributed by atoms with Crippen LogP contribution in [0.25, 0.3) is 0 Å². The van der Waals surface area contributed by atoms with E-state index in [1.165, 1.54) is 12.1 Å². The van der Waals surface area contributed by atoms with Gasteiger partial charge in [-0.15, -0.1) is 0 Å². The highest BCUT2D eigenvalue weighted by Gasteiger charge is 2.12. The molecule has 0 saturated carbocycles. The lowest BCUT2D eigenvalue weighted by atomic mass is 10.3. The molecule has 6 nitrogen and oxygen atoms in total. The number of rotatable bonds is 7. The molecule has 0 aliphatic heterocycles. The number of nitro benzene ring substituents is 1. The number of hydrogen-bond acceptors (Lipinski definition) is 4. The van der Waals surface area contributed by atoms with Crippen molar-refractivity contribution in [3.8, 4) is 11.5 Å². The third kappa shape index (κ3) is 5.19. The molecule has 102 valence electrons. The molecule has 1 aromatic carbocycles. The summed E-state index contributed by atoms with van der Waals surface area (Å²) in [6, 6.07) is 4.31. The van der Waals surface area contributed by atoms with Gasteiger partial charge in [-0.05, 0) is 6.07 Å². The summed E-state index contributed by atoms with van der Waals surface area (Å²) in [5.74, 6) is 0.899. The minimum atomic E-state index is -0.463. The molecule has 2 N–H and O–H groups in total. The van der Waals surface area contributed by atoms with Crippen LogP contribution in [-0.2, 0) is 0 Å². The Morgan fingerprint density at radius 1 is 1.11 bits per heavy atom. The zero-order chi connectivity index (χ0) is 12.7. The number of ether oxygens (including phenoxy) is 2. The predicted octanol–water partition coefficient (Wildman–Crippen LogP) is 2.32. The zero-order valence-electron chi connectivity index (χ0n) is 9.40. The standard InChI is InChI=1S/C10H11Br2NO4.H2O/c11-3-5-16-9-2-1-8(13(14)15)7-10(9)17-6-4-12;/h1-2,7H,3-6H2;1H2. The average molecular weight is 387 g/mol.